The fraction of sp³-hybridized carbons (Fsp3) is 0.379. The number of hydrogen-bond donors (Lipinski definition) is 1. The van der Waals surface area contributed by atoms with Gasteiger partial charge in [-0.25, -0.2) is 4.79 Å². The Hall–Kier alpha value is -3.09. The molecular formula is C29H29ClN2O4. The molecule has 36 heavy (non-hydrogen) atoms. The van der Waals surface area contributed by atoms with Crippen molar-refractivity contribution in [2.24, 2.45) is 0 Å². The molecule has 0 radical (unpaired) electrons. The maximum absolute atomic E-state index is 13.7. The van der Waals surface area contributed by atoms with Crippen LogP contribution < -0.4 is 0 Å². The Kier molecular flexibility index (Phi) is 6.10. The summed E-state index contributed by atoms with van der Waals surface area (Å²) in [7, 11) is 0. The third-order valence-electron chi connectivity index (χ3n) is 7.87. The number of aromatic carboxylic acids is 1. The SMILES string of the molecule is O=C(O)c1ccc2c(C3CCCCC3)c3n(c2c1)CC(C(=O)N1CCOCC1)=Cc1ccc(Cl)cc1-3. The molecule has 0 atom stereocenters. The lowest BCUT2D eigenvalue weighted by atomic mass is 9.81. The van der Waals surface area contributed by atoms with E-state index in [0.29, 0.717) is 49.4 Å². The van der Waals surface area contributed by atoms with Gasteiger partial charge in [0.2, 0.25) is 0 Å². The lowest BCUT2D eigenvalue weighted by Gasteiger charge is -2.28. The lowest BCUT2D eigenvalue weighted by molar-refractivity contribution is -0.131. The molecule has 1 saturated carbocycles. The van der Waals surface area contributed by atoms with Crippen molar-refractivity contribution in [2.45, 2.75) is 44.6 Å². The molecule has 1 saturated heterocycles. The smallest absolute Gasteiger partial charge is 0.335 e. The van der Waals surface area contributed by atoms with Crippen molar-refractivity contribution >= 4 is 40.5 Å². The van der Waals surface area contributed by atoms with Crippen molar-refractivity contribution in [3.05, 3.63) is 63.7 Å². The summed E-state index contributed by atoms with van der Waals surface area (Å²) in [4.78, 5) is 27.4. The molecule has 0 unspecified atom stereocenters. The summed E-state index contributed by atoms with van der Waals surface area (Å²) in [6, 6.07) is 11.3. The van der Waals surface area contributed by atoms with Crippen LogP contribution in [0, 0.1) is 0 Å². The van der Waals surface area contributed by atoms with Gasteiger partial charge in [-0.05, 0) is 60.2 Å². The average molecular weight is 505 g/mol. The topological polar surface area (TPSA) is 71.8 Å². The molecule has 1 aliphatic carbocycles. The molecule has 3 heterocycles. The number of carbonyl (C=O) groups is 2. The van der Waals surface area contributed by atoms with Crippen molar-refractivity contribution in [2.75, 3.05) is 26.3 Å². The van der Waals surface area contributed by atoms with Crippen LogP contribution in [0.2, 0.25) is 5.02 Å². The largest absolute Gasteiger partial charge is 0.478 e. The van der Waals surface area contributed by atoms with Crippen molar-refractivity contribution in [1.82, 2.24) is 9.47 Å². The number of hydrogen-bond acceptors (Lipinski definition) is 3. The highest BCUT2D eigenvalue weighted by Crippen LogP contribution is 2.47. The zero-order valence-corrected chi connectivity index (χ0v) is 20.9. The van der Waals surface area contributed by atoms with Gasteiger partial charge in [0.05, 0.1) is 31.0 Å². The van der Waals surface area contributed by atoms with Crippen LogP contribution in [0.15, 0.2) is 42.0 Å². The number of carboxylic acid groups (broad SMARTS) is 1. The molecule has 2 fully saturated rings. The van der Waals surface area contributed by atoms with Crippen LogP contribution in [-0.4, -0.2) is 52.8 Å². The molecule has 1 amide bonds. The summed E-state index contributed by atoms with van der Waals surface area (Å²) in [6.45, 7) is 2.59. The van der Waals surface area contributed by atoms with Crippen LogP contribution in [0.1, 0.15) is 59.5 Å². The first-order valence-corrected chi connectivity index (χ1v) is 13.2. The monoisotopic (exact) mass is 504 g/mol. The quantitative estimate of drug-likeness (QED) is 0.477. The predicted molar refractivity (Wildman–Crippen MR) is 141 cm³/mol. The van der Waals surface area contributed by atoms with Gasteiger partial charge >= 0.3 is 5.97 Å². The summed E-state index contributed by atoms with van der Waals surface area (Å²) < 4.78 is 7.63. The minimum Gasteiger partial charge on any atom is -0.478 e. The Morgan fingerprint density at radius 2 is 1.78 bits per heavy atom. The molecule has 1 N–H and O–H groups in total. The highest BCUT2D eigenvalue weighted by molar-refractivity contribution is 6.31. The molecule has 6 rings (SSSR count). The van der Waals surface area contributed by atoms with E-state index in [2.05, 4.69) is 4.57 Å². The van der Waals surface area contributed by atoms with Gasteiger partial charge in [0, 0.05) is 40.2 Å². The number of halogens is 1. The molecule has 3 aromatic rings. The van der Waals surface area contributed by atoms with E-state index in [9.17, 15) is 14.7 Å². The Balaban J connectivity index is 1.61. The molecule has 7 heteroatoms. The number of aromatic nitrogens is 1. The minimum absolute atomic E-state index is 0.00232. The maximum atomic E-state index is 13.7. The summed E-state index contributed by atoms with van der Waals surface area (Å²) in [6.07, 6.45) is 7.83. The van der Waals surface area contributed by atoms with Gasteiger partial charge < -0.3 is 19.3 Å². The van der Waals surface area contributed by atoms with E-state index in [4.69, 9.17) is 16.3 Å². The number of rotatable bonds is 3. The maximum Gasteiger partial charge on any atom is 0.335 e. The summed E-state index contributed by atoms with van der Waals surface area (Å²) in [5.74, 6) is -0.567. The molecule has 2 aliphatic heterocycles. The lowest BCUT2D eigenvalue weighted by Crippen LogP contribution is -2.41. The van der Waals surface area contributed by atoms with E-state index in [-0.39, 0.29) is 11.5 Å². The van der Waals surface area contributed by atoms with Gasteiger partial charge in [-0.2, -0.15) is 0 Å². The van der Waals surface area contributed by atoms with Gasteiger partial charge in [0.1, 0.15) is 0 Å². The minimum atomic E-state index is -0.955. The Morgan fingerprint density at radius 1 is 1.00 bits per heavy atom. The van der Waals surface area contributed by atoms with Gasteiger partial charge in [0.15, 0.2) is 0 Å². The van der Waals surface area contributed by atoms with Crippen LogP contribution >= 0.6 is 11.6 Å². The van der Waals surface area contributed by atoms with Crippen LogP contribution in [-0.2, 0) is 16.1 Å². The summed E-state index contributed by atoms with van der Waals surface area (Å²) in [5, 5.41) is 11.5. The number of carboxylic acids is 1. The highest BCUT2D eigenvalue weighted by Gasteiger charge is 2.31. The normalized spacial score (nSPS) is 18.4. The molecule has 0 spiro atoms. The molecule has 1 aromatic heterocycles. The van der Waals surface area contributed by atoms with Crippen molar-refractivity contribution in [3.63, 3.8) is 0 Å². The Morgan fingerprint density at radius 3 is 2.53 bits per heavy atom. The number of carbonyl (C=O) groups excluding carboxylic acids is 1. The molecule has 3 aliphatic rings. The fourth-order valence-electron chi connectivity index (χ4n) is 6.13. The average Bonchev–Trinajstić information content (AvgIpc) is 3.13. The summed E-state index contributed by atoms with van der Waals surface area (Å²) >= 11 is 6.52. The standard InChI is InChI=1S/C29H29ClN2O4/c30-22-8-6-19-14-21(28(33)31-10-12-36-13-11-31)17-32-25-15-20(29(34)35)7-9-23(25)26(27(32)24(19)16-22)18-4-2-1-3-5-18/h6-9,14-16,18H,1-5,10-13,17H2,(H,34,35). The molecule has 2 aromatic carbocycles. The number of amides is 1. The molecule has 0 bridgehead atoms. The van der Waals surface area contributed by atoms with Gasteiger partial charge in [-0.15, -0.1) is 0 Å². The van der Waals surface area contributed by atoms with Crippen LogP contribution in [0.25, 0.3) is 28.2 Å². The van der Waals surface area contributed by atoms with E-state index in [1.165, 1.54) is 24.8 Å². The predicted octanol–water partition coefficient (Wildman–Crippen LogP) is 5.96. The van der Waals surface area contributed by atoms with E-state index in [1.807, 2.05) is 35.2 Å². The molecular weight excluding hydrogens is 476 g/mol. The number of ether oxygens (including phenoxy) is 1. The number of nitrogens with zero attached hydrogens (tertiary/aromatic N) is 2. The third kappa shape index (κ3) is 4.02. The van der Waals surface area contributed by atoms with Crippen LogP contribution in [0.5, 0.6) is 0 Å². The van der Waals surface area contributed by atoms with Crippen LogP contribution in [0.3, 0.4) is 0 Å². The van der Waals surface area contributed by atoms with Gasteiger partial charge in [-0.1, -0.05) is 43.0 Å². The van der Waals surface area contributed by atoms with E-state index in [0.717, 1.165) is 40.6 Å². The van der Waals surface area contributed by atoms with Crippen LogP contribution in [0.4, 0.5) is 0 Å². The van der Waals surface area contributed by atoms with Crippen molar-refractivity contribution in [3.8, 4) is 11.3 Å². The van der Waals surface area contributed by atoms with E-state index < -0.39 is 5.97 Å². The molecule has 186 valence electrons. The van der Waals surface area contributed by atoms with E-state index >= 15 is 0 Å². The number of fused-ring (bicyclic) bond motifs is 5. The first-order valence-electron chi connectivity index (χ1n) is 12.8. The Bertz CT molecular complexity index is 1390. The fourth-order valence-corrected chi connectivity index (χ4v) is 6.30. The van der Waals surface area contributed by atoms with Gasteiger partial charge in [-0.3, -0.25) is 4.79 Å². The van der Waals surface area contributed by atoms with Crippen molar-refractivity contribution < 1.29 is 19.4 Å². The zero-order valence-electron chi connectivity index (χ0n) is 20.1. The zero-order chi connectivity index (χ0) is 24.8. The summed E-state index contributed by atoms with van der Waals surface area (Å²) in [5.41, 5.74) is 6.09. The number of morpholine rings is 1. The van der Waals surface area contributed by atoms with Gasteiger partial charge in [0.25, 0.3) is 5.91 Å². The first-order chi connectivity index (χ1) is 17.5. The van der Waals surface area contributed by atoms with E-state index in [1.54, 1.807) is 12.1 Å². The third-order valence-corrected chi connectivity index (χ3v) is 8.10. The first kappa shape index (κ1) is 23.3. The van der Waals surface area contributed by atoms with Crippen molar-refractivity contribution in [1.29, 1.82) is 0 Å². The second-order valence-electron chi connectivity index (χ2n) is 10.0. The second kappa shape index (κ2) is 9.41. The second-order valence-corrected chi connectivity index (χ2v) is 10.5. The number of benzene rings is 2. The molecule has 6 nitrogen and oxygen atoms in total. The Labute approximate surface area is 215 Å². The highest BCUT2D eigenvalue weighted by atomic mass is 35.5.